The van der Waals surface area contributed by atoms with Crippen LogP contribution in [0.5, 0.6) is 0 Å². The second kappa shape index (κ2) is 11.1. The number of carbonyl (C=O) groups is 1. The van der Waals surface area contributed by atoms with Crippen LogP contribution < -0.4 is 11.1 Å². The zero-order valence-corrected chi connectivity index (χ0v) is 18.8. The van der Waals surface area contributed by atoms with E-state index in [1.54, 1.807) is 11.3 Å². The summed E-state index contributed by atoms with van der Waals surface area (Å²) >= 11 is 1.80. The van der Waals surface area contributed by atoms with Crippen LogP contribution in [0.15, 0.2) is 46.8 Å². The Balaban J connectivity index is 1.50. The van der Waals surface area contributed by atoms with Gasteiger partial charge in [-0.15, -0.1) is 11.3 Å². The number of amides is 1. The Morgan fingerprint density at radius 3 is 2.90 bits per heavy atom. The monoisotopic (exact) mass is 427 g/mol. The summed E-state index contributed by atoms with van der Waals surface area (Å²) < 4.78 is 0. The smallest absolute Gasteiger partial charge is 0.221 e. The van der Waals surface area contributed by atoms with Gasteiger partial charge in [-0.3, -0.25) is 14.7 Å². The number of primary amides is 1. The Morgan fingerprint density at radius 1 is 1.33 bits per heavy atom. The predicted octanol–water partition coefficient (Wildman–Crippen LogP) is 2.70. The molecule has 0 saturated carbocycles. The van der Waals surface area contributed by atoms with Gasteiger partial charge in [0.2, 0.25) is 5.91 Å². The van der Waals surface area contributed by atoms with Crippen molar-refractivity contribution >= 4 is 23.2 Å². The fourth-order valence-electron chi connectivity index (χ4n) is 3.93. The highest BCUT2D eigenvalue weighted by molar-refractivity contribution is 7.09. The van der Waals surface area contributed by atoms with Gasteiger partial charge >= 0.3 is 0 Å². The van der Waals surface area contributed by atoms with E-state index in [4.69, 9.17) is 5.73 Å². The molecule has 1 aromatic heterocycles. The summed E-state index contributed by atoms with van der Waals surface area (Å²) in [6.07, 6.45) is 2.96. The van der Waals surface area contributed by atoms with Gasteiger partial charge in [-0.25, -0.2) is 0 Å². The van der Waals surface area contributed by atoms with Gasteiger partial charge in [0, 0.05) is 45.2 Å². The molecule has 1 fully saturated rings. The number of nitrogens with zero attached hydrogens (tertiary/aromatic N) is 3. The number of likely N-dealkylation sites (N-methyl/N-ethyl adjacent to an activating group) is 1. The van der Waals surface area contributed by atoms with Crippen LogP contribution in [0.1, 0.15) is 28.8 Å². The molecular formula is C23H33N5OS. The average molecular weight is 428 g/mol. The minimum atomic E-state index is -0.174. The minimum absolute atomic E-state index is 0.0170. The first-order valence-corrected chi connectivity index (χ1v) is 11.5. The summed E-state index contributed by atoms with van der Waals surface area (Å²) in [5.41, 5.74) is 8.00. The number of hydrogen-bond donors (Lipinski definition) is 2. The summed E-state index contributed by atoms with van der Waals surface area (Å²) in [6, 6.07) is 12.9. The lowest BCUT2D eigenvalue weighted by Crippen LogP contribution is -2.40. The molecule has 1 aromatic carbocycles. The lowest BCUT2D eigenvalue weighted by Gasteiger charge is -2.31. The topological polar surface area (TPSA) is 74.0 Å². The summed E-state index contributed by atoms with van der Waals surface area (Å²) in [4.78, 5) is 21.8. The van der Waals surface area contributed by atoms with Gasteiger partial charge in [-0.1, -0.05) is 30.3 Å². The predicted molar refractivity (Wildman–Crippen MR) is 124 cm³/mol. The first kappa shape index (κ1) is 22.3. The van der Waals surface area contributed by atoms with E-state index in [1.807, 2.05) is 7.05 Å². The molecule has 2 aromatic rings. The molecule has 2 heterocycles. The molecule has 162 valence electrons. The van der Waals surface area contributed by atoms with Crippen LogP contribution in [-0.4, -0.2) is 55.4 Å². The van der Waals surface area contributed by atoms with Gasteiger partial charge in [0.25, 0.3) is 0 Å². The van der Waals surface area contributed by atoms with Crippen molar-refractivity contribution in [2.45, 2.75) is 32.4 Å². The van der Waals surface area contributed by atoms with Crippen molar-refractivity contribution < 1.29 is 4.79 Å². The van der Waals surface area contributed by atoms with Crippen LogP contribution in [-0.2, 0) is 24.3 Å². The normalized spacial score (nSPS) is 17.7. The van der Waals surface area contributed by atoms with E-state index in [1.165, 1.54) is 16.0 Å². The van der Waals surface area contributed by atoms with E-state index in [0.29, 0.717) is 0 Å². The quantitative estimate of drug-likeness (QED) is 0.502. The lowest BCUT2D eigenvalue weighted by molar-refractivity contribution is -0.123. The number of piperidine rings is 1. The number of thiophene rings is 1. The molecule has 1 unspecified atom stereocenters. The van der Waals surface area contributed by atoms with Gasteiger partial charge < -0.3 is 16.0 Å². The number of likely N-dealkylation sites (tertiary alicyclic amines) is 1. The maximum absolute atomic E-state index is 11.5. The minimum Gasteiger partial charge on any atom is -0.369 e. The number of nitrogens with one attached hydrogen (secondary N) is 1. The Labute approximate surface area is 183 Å². The second-order valence-corrected chi connectivity index (χ2v) is 8.98. The van der Waals surface area contributed by atoms with E-state index in [9.17, 15) is 4.79 Å². The summed E-state index contributed by atoms with van der Waals surface area (Å²) in [7, 11) is 3.90. The SMILES string of the molecule is CN=C(NCc1cccc(CN2CCCC(C(N)=O)C2)c1)N(C)CCc1cccs1. The first-order chi connectivity index (χ1) is 14.5. The van der Waals surface area contributed by atoms with Crippen LogP contribution >= 0.6 is 11.3 Å². The number of carbonyl (C=O) groups excluding carboxylic acids is 1. The Morgan fingerprint density at radius 2 is 2.17 bits per heavy atom. The zero-order valence-electron chi connectivity index (χ0n) is 18.0. The molecule has 0 aliphatic carbocycles. The zero-order chi connectivity index (χ0) is 21.3. The molecule has 0 bridgehead atoms. The number of aliphatic imine (C=N–C) groups is 1. The molecule has 1 atom stereocenters. The molecule has 1 saturated heterocycles. The van der Waals surface area contributed by atoms with Crippen LogP contribution in [0, 0.1) is 5.92 Å². The van der Waals surface area contributed by atoms with Crippen LogP contribution in [0.2, 0.25) is 0 Å². The Kier molecular flexibility index (Phi) is 8.28. The number of nitrogens with two attached hydrogens (primary N) is 1. The molecule has 7 heteroatoms. The number of benzene rings is 1. The van der Waals surface area contributed by atoms with Crippen molar-refractivity contribution in [3.05, 3.63) is 57.8 Å². The van der Waals surface area contributed by atoms with Gasteiger partial charge in [0.15, 0.2) is 5.96 Å². The number of rotatable bonds is 8. The maximum atomic E-state index is 11.5. The number of guanidine groups is 1. The molecule has 1 aliphatic heterocycles. The molecule has 1 aliphatic rings. The van der Waals surface area contributed by atoms with Gasteiger partial charge in [-0.05, 0) is 48.4 Å². The second-order valence-electron chi connectivity index (χ2n) is 7.95. The molecule has 3 N–H and O–H groups in total. The Bertz CT molecular complexity index is 836. The van der Waals surface area contributed by atoms with E-state index < -0.39 is 0 Å². The molecule has 0 spiro atoms. The lowest BCUT2D eigenvalue weighted by atomic mass is 9.97. The van der Waals surface area contributed by atoms with Crippen LogP contribution in [0.25, 0.3) is 0 Å². The van der Waals surface area contributed by atoms with Gasteiger partial charge in [0.05, 0.1) is 5.92 Å². The standard InChI is InChI=1S/C23H33N5OS/c1-25-23(27(2)12-10-21-9-5-13-30-21)26-15-18-6-3-7-19(14-18)16-28-11-4-8-20(17-28)22(24)29/h3,5-7,9,13-14,20H,4,8,10-12,15-17H2,1-2H3,(H2,24,29)(H,25,26). The molecule has 30 heavy (non-hydrogen) atoms. The fraction of sp³-hybridized carbons (Fsp3) is 0.478. The summed E-state index contributed by atoms with van der Waals surface area (Å²) in [5, 5.41) is 5.59. The van der Waals surface area contributed by atoms with E-state index in [2.05, 4.69) is 68.9 Å². The fourth-order valence-corrected chi connectivity index (χ4v) is 4.63. The van der Waals surface area contributed by atoms with E-state index in [0.717, 1.165) is 57.9 Å². The van der Waals surface area contributed by atoms with Crippen molar-refractivity contribution in [2.75, 3.05) is 33.7 Å². The van der Waals surface area contributed by atoms with E-state index >= 15 is 0 Å². The molecule has 3 rings (SSSR count). The van der Waals surface area contributed by atoms with Crippen molar-refractivity contribution in [3.8, 4) is 0 Å². The van der Waals surface area contributed by atoms with Crippen LogP contribution in [0.4, 0.5) is 0 Å². The highest BCUT2D eigenvalue weighted by Gasteiger charge is 2.23. The van der Waals surface area contributed by atoms with Crippen molar-refractivity contribution in [1.29, 1.82) is 0 Å². The molecule has 1 amide bonds. The highest BCUT2D eigenvalue weighted by atomic mass is 32.1. The van der Waals surface area contributed by atoms with Gasteiger partial charge in [-0.2, -0.15) is 0 Å². The third-order valence-electron chi connectivity index (χ3n) is 5.60. The average Bonchev–Trinajstić information content (AvgIpc) is 3.27. The first-order valence-electron chi connectivity index (χ1n) is 10.6. The summed E-state index contributed by atoms with van der Waals surface area (Å²) in [6.45, 7) is 4.30. The maximum Gasteiger partial charge on any atom is 0.221 e. The highest BCUT2D eigenvalue weighted by Crippen LogP contribution is 2.19. The third-order valence-corrected chi connectivity index (χ3v) is 6.54. The van der Waals surface area contributed by atoms with Crippen molar-refractivity contribution in [2.24, 2.45) is 16.6 Å². The molecule has 0 radical (unpaired) electrons. The largest absolute Gasteiger partial charge is 0.369 e. The van der Waals surface area contributed by atoms with Crippen molar-refractivity contribution in [3.63, 3.8) is 0 Å². The van der Waals surface area contributed by atoms with Crippen molar-refractivity contribution in [1.82, 2.24) is 15.1 Å². The molecular weight excluding hydrogens is 394 g/mol. The van der Waals surface area contributed by atoms with Gasteiger partial charge in [0.1, 0.15) is 0 Å². The van der Waals surface area contributed by atoms with Crippen LogP contribution in [0.3, 0.4) is 0 Å². The van der Waals surface area contributed by atoms with E-state index in [-0.39, 0.29) is 11.8 Å². The third kappa shape index (κ3) is 6.57. The summed E-state index contributed by atoms with van der Waals surface area (Å²) in [5.74, 6) is 0.709. The number of hydrogen-bond acceptors (Lipinski definition) is 4. The molecule has 6 nitrogen and oxygen atoms in total. The Hall–Kier alpha value is -2.38.